The third-order valence-electron chi connectivity index (χ3n) is 15.3. The number of thioether (sulfide) groups is 2. The van der Waals surface area contributed by atoms with Crippen LogP contribution >= 0.6 is 216 Å². The number of ketones is 1. The Bertz CT molecular complexity index is 2430. The van der Waals surface area contributed by atoms with Crippen molar-refractivity contribution in [3.63, 3.8) is 0 Å². The number of hydrogen-bond donors (Lipinski definition) is 0. The van der Waals surface area contributed by atoms with Crippen molar-refractivity contribution in [1.29, 1.82) is 0 Å². The van der Waals surface area contributed by atoms with E-state index < -0.39 is 28.7 Å². The first-order chi connectivity index (χ1) is 36.6. The molecule has 2 aromatic rings. The van der Waals surface area contributed by atoms with E-state index in [-0.39, 0.29) is 290 Å². The molecule has 2 aromatic carbocycles. The Morgan fingerprint density at radius 2 is 0.882 bits per heavy atom. The topological polar surface area (TPSA) is 122 Å². The van der Waals surface area contributed by atoms with E-state index >= 15 is 0 Å². The van der Waals surface area contributed by atoms with Gasteiger partial charge in [-0.2, -0.15) is 0 Å². The largest absolute Gasteiger partial charge is 0.465 e. The van der Waals surface area contributed by atoms with Crippen molar-refractivity contribution in [2.24, 2.45) is 34.5 Å². The molecule has 0 amide bonds. The number of carbonyl (C=O) groups excluding carboxylic acids is 5. The van der Waals surface area contributed by atoms with Crippen LogP contribution in [0.5, 0.6) is 11.5 Å². The predicted molar refractivity (Wildman–Crippen MR) is 403 cm³/mol. The minimum absolute atomic E-state index is 0. The van der Waals surface area contributed by atoms with E-state index in [4.69, 9.17) is 18.9 Å². The van der Waals surface area contributed by atoms with Gasteiger partial charge in [0.2, 0.25) is 0 Å². The second-order valence-corrected chi connectivity index (χ2v) is 118. The summed E-state index contributed by atoms with van der Waals surface area (Å²) in [7, 11) is 41.8. The number of carbonyl (C=O) groups is 5. The van der Waals surface area contributed by atoms with Gasteiger partial charge in [0.05, 0.1) is 17.3 Å². The summed E-state index contributed by atoms with van der Waals surface area (Å²) >= 11 is 4.13. The molecule has 23 atom stereocenters. The molecule has 0 aromatic heterocycles. The monoisotopic (exact) mass is 1940 g/mol. The van der Waals surface area contributed by atoms with Crippen molar-refractivity contribution in [3.8, 4) is 11.5 Å². The third-order valence-corrected chi connectivity index (χ3v) is 174. The molecule has 1 spiro atoms. The number of para-hydroxylation sites is 2. The van der Waals surface area contributed by atoms with Crippen LogP contribution < -0.4 is 9.47 Å². The maximum Gasteiger partial charge on any atom is 0.329 e. The van der Waals surface area contributed by atoms with Crippen LogP contribution in [0.15, 0.2) is 48.5 Å². The predicted octanol–water partition coefficient (Wildman–Crippen LogP) is 21.3. The fourth-order valence-electron chi connectivity index (χ4n) is 12.5. The summed E-state index contributed by atoms with van der Waals surface area (Å²) in [5.41, 5.74) is -0.799. The first-order valence-corrected chi connectivity index (χ1v) is 69.7. The summed E-state index contributed by atoms with van der Waals surface area (Å²) in [5.74, 6) is 0.871. The molecule has 4 saturated carbocycles. The van der Waals surface area contributed by atoms with Crippen LogP contribution in [0.3, 0.4) is 0 Å². The third kappa shape index (κ3) is 22.4. The molecule has 468 valence electrons. The van der Waals surface area contributed by atoms with Gasteiger partial charge in [-0.15, -0.1) is 140 Å². The Morgan fingerprint density at radius 1 is 0.506 bits per heavy atom. The Balaban J connectivity index is 0. The summed E-state index contributed by atoms with van der Waals surface area (Å²) in [4.78, 5) is 66.1. The zero-order valence-electron chi connectivity index (χ0n) is 46.5. The standard InChI is InChI=1S/C22H26O4S2.C20H22O5.H26P24.8V/c1-2-25-19(23)22-16-9-5-4-8-15(16)21(27-11-12-28-21)13-17(22)14-7-3-6-10-18(14)26-20(22)24;1-2-24-18(22)20-14-9-5-3-7-12(14)16(21)11-15(20)13-8-4-6-10-17(13)25-19(20)23;1-14(2)20(13)23(19(11)12)24(21(15(3)4)16(5)6)22(17(7)8)18(9)10;;;;;;;;/h3,6-7,10,15-17H,2,4-5,8-9,11-13H2,1H3;4,6,8,10,12,14-15H,2-3,5,7,9,11H2,1H3;1-13H2;;;;;;;;. The summed E-state index contributed by atoms with van der Waals surface area (Å²) < 4.78 is 22.5. The van der Waals surface area contributed by atoms with Crippen LogP contribution in [-0.4, -0.2) is 58.5 Å². The van der Waals surface area contributed by atoms with Gasteiger partial charge in [0.25, 0.3) is 0 Å². The van der Waals surface area contributed by atoms with E-state index in [2.05, 4.69) is 140 Å². The van der Waals surface area contributed by atoms with Gasteiger partial charge in [-0.05, 0) is 158 Å². The smallest absolute Gasteiger partial charge is 0.329 e. The van der Waals surface area contributed by atoms with Crippen molar-refractivity contribution in [1.82, 2.24) is 0 Å². The molecule has 9 nitrogen and oxygen atoms in total. The second-order valence-electron chi connectivity index (χ2n) is 19.2. The zero-order chi connectivity index (χ0) is 56.3. The van der Waals surface area contributed by atoms with E-state index in [9.17, 15) is 24.0 Å². The average molecular weight is 1940 g/mol. The molecule has 0 bridgehead atoms. The molecule has 43 heteroatoms. The number of Topliss-reactive ketones (excluding diaryl/α,β-unsaturated/α-hetero) is 1. The van der Waals surface area contributed by atoms with Crippen molar-refractivity contribution < 1.29 is 191 Å². The quantitative estimate of drug-likeness (QED) is 0.0777. The molecule has 5 fully saturated rings. The Hall–Kier alpha value is 11.7. The molecule has 85 heavy (non-hydrogen) atoms. The van der Waals surface area contributed by atoms with Crippen LogP contribution in [0.4, 0.5) is 0 Å². The summed E-state index contributed by atoms with van der Waals surface area (Å²) in [6, 6.07) is 15.0. The van der Waals surface area contributed by atoms with Crippen LogP contribution in [-0.2, 0) is 182 Å². The van der Waals surface area contributed by atoms with Crippen LogP contribution in [0, 0.1) is 34.5 Å². The van der Waals surface area contributed by atoms with Gasteiger partial charge in [0.1, 0.15) is 17.3 Å². The van der Waals surface area contributed by atoms with E-state index in [1.165, 1.54) is 6.42 Å². The normalized spacial score (nSPS) is 26.1. The van der Waals surface area contributed by atoms with Crippen LogP contribution in [0.25, 0.3) is 0 Å². The maximum atomic E-state index is 13.6. The molecule has 7 aliphatic rings. The summed E-state index contributed by atoms with van der Waals surface area (Å²) in [5, 5.41) is 0. The minimum atomic E-state index is -1.39. The summed E-state index contributed by atoms with van der Waals surface area (Å²) in [6.45, 7) is 4.41. The van der Waals surface area contributed by atoms with Crippen molar-refractivity contribution in [3.05, 3.63) is 59.7 Å². The molecule has 3 heterocycles. The molecule has 9 rings (SSSR count). The van der Waals surface area contributed by atoms with E-state index in [1.807, 2.05) is 43.3 Å². The first-order valence-electron chi connectivity index (χ1n) is 24.9. The molecule has 1 saturated heterocycles. The van der Waals surface area contributed by atoms with E-state index in [0.717, 1.165) is 67.6 Å². The van der Waals surface area contributed by atoms with Gasteiger partial charge in [0, 0.05) is 190 Å². The molecule has 4 aliphatic carbocycles. The molecular weight excluding hydrogens is 1860 g/mol. The number of rotatable bonds is 14. The molecule has 8 radical (unpaired) electrons. The number of esters is 4. The number of fused-ring (bicyclic) bond motifs is 11. The van der Waals surface area contributed by atoms with Crippen molar-refractivity contribution >= 4 is 246 Å². The van der Waals surface area contributed by atoms with Gasteiger partial charge >= 0.3 is 23.9 Å². The van der Waals surface area contributed by atoms with Gasteiger partial charge in [-0.3, -0.25) is 24.0 Å². The van der Waals surface area contributed by atoms with Crippen molar-refractivity contribution in [2.75, 3.05) is 24.7 Å². The molecule has 23 unspecified atom stereocenters. The molecule has 0 N–H and O–H groups in total. The number of benzene rings is 2. The number of ether oxygens (including phenoxy) is 4. The van der Waals surface area contributed by atoms with Crippen LogP contribution in [0.1, 0.15) is 101 Å². The fourth-order valence-corrected chi connectivity index (χ4v) is 306. The summed E-state index contributed by atoms with van der Waals surface area (Å²) in [6.07, 6.45) is 8.58. The van der Waals surface area contributed by atoms with Crippen LogP contribution in [0.2, 0.25) is 0 Å². The zero-order valence-corrected chi connectivity index (χ0v) is 84.1. The Labute approximate surface area is 652 Å². The maximum absolute atomic E-state index is 13.6. The van der Waals surface area contributed by atoms with Crippen molar-refractivity contribution in [2.45, 2.75) is 94.0 Å². The van der Waals surface area contributed by atoms with E-state index in [1.54, 1.807) is 19.1 Å². The molecular formula is C42H74O9P24S2V8. The molecule has 3 aliphatic heterocycles. The van der Waals surface area contributed by atoms with Gasteiger partial charge < -0.3 is 18.9 Å². The Morgan fingerprint density at radius 3 is 1.29 bits per heavy atom. The fraction of sp³-hybridized carbons (Fsp3) is 0.595. The van der Waals surface area contributed by atoms with Gasteiger partial charge in [0.15, 0.2) is 10.8 Å². The van der Waals surface area contributed by atoms with E-state index in [0.29, 0.717) is 23.8 Å². The second kappa shape index (κ2) is 46.6. The Kier molecular flexibility index (Phi) is 54.1. The van der Waals surface area contributed by atoms with Gasteiger partial charge in [-0.25, -0.2) is 0 Å². The first kappa shape index (κ1) is 98.7. The average Bonchev–Trinajstić information content (AvgIpc) is 2.33. The minimum Gasteiger partial charge on any atom is -0.465 e. The van der Waals surface area contributed by atoms with Gasteiger partial charge in [-0.1, -0.05) is 62.1 Å². The number of hydrogen-bond acceptors (Lipinski definition) is 11. The SMILES string of the molecule is CCOC(=O)C12C(=O)Oc3ccccc3C1CC(=O)C1CCCCC12.CCOC(=O)C12C(=O)Oc3ccccc3C1CC1(SCCS1)C1CCCCC12.PP(P)P(P)P(P(P)P)P(P(P(P)P)P(P)P)P(P(P)P)P(P)P.[V].[V].[V].[V].[V].[V].[V].[V].